The van der Waals surface area contributed by atoms with Crippen molar-refractivity contribution in [2.75, 3.05) is 0 Å². The molecule has 0 saturated carbocycles. The smallest absolute Gasteiger partial charge is 0.313 e. The number of unbranched alkanes of at least 4 members (excludes halogenated alkanes) is 15. The fourth-order valence-corrected chi connectivity index (χ4v) is 11.3. The zero-order valence-electron chi connectivity index (χ0n) is 76.3. The number of carboxylic acid groups (broad SMARTS) is 2. The van der Waals surface area contributed by atoms with E-state index in [1.807, 2.05) is 0 Å². The number of ether oxygens (including phenoxy) is 14. The van der Waals surface area contributed by atoms with Crippen molar-refractivity contribution < 1.29 is 220 Å². The molecule has 46 heteroatoms. The van der Waals surface area contributed by atoms with E-state index in [-0.39, 0.29) is 385 Å². The van der Waals surface area contributed by atoms with E-state index in [4.69, 9.17) is 57.6 Å². The Morgan fingerprint density at radius 2 is 0.132 bits per heavy atom. The van der Waals surface area contributed by atoms with E-state index in [2.05, 4.69) is 18.9 Å². The van der Waals surface area contributed by atoms with Crippen molar-refractivity contribution in [2.24, 2.45) is 0 Å². The molecule has 0 aliphatic heterocycles. The average Bonchev–Trinajstić information content (AvgIpc) is 1.07. The molecule has 0 unspecified atom stereocenters. The van der Waals surface area contributed by atoms with Gasteiger partial charge in [-0.1, -0.05) is 0 Å². The highest BCUT2D eigenvalue weighted by Gasteiger charge is 2.24. The van der Waals surface area contributed by atoms with Crippen LogP contribution in [0, 0.1) is 0 Å². The first-order chi connectivity index (χ1) is 64.7. The molecule has 0 saturated heterocycles. The maximum atomic E-state index is 12.1. The van der Waals surface area contributed by atoms with Crippen LogP contribution in [0.5, 0.6) is 0 Å². The maximum Gasteiger partial charge on any atom is 0.313 e. The van der Waals surface area contributed by atoms with E-state index in [0.29, 0.717) is 0 Å². The molecule has 0 rings (SSSR count). The molecular weight excluding hydrogens is 1820 g/mol. The quantitative estimate of drug-likeness (QED) is 0.0247. The summed E-state index contributed by atoms with van der Waals surface area (Å²) < 4.78 is 65.8. The molecule has 0 atom stereocenters. The zero-order chi connectivity index (χ0) is 102. The molecule has 0 fully saturated rings. The van der Waals surface area contributed by atoms with Gasteiger partial charge in [-0.3, -0.25) is 144 Å². The fourth-order valence-electron chi connectivity index (χ4n) is 11.3. The van der Waals surface area contributed by atoms with Crippen LogP contribution >= 0.6 is 0 Å². The monoisotopic (exact) mass is 1940 g/mol. The van der Waals surface area contributed by atoms with Gasteiger partial charge in [0.25, 0.3) is 0 Å². The highest BCUT2D eigenvalue weighted by molar-refractivity contribution is 5.93. The van der Waals surface area contributed by atoms with Gasteiger partial charge in [0.2, 0.25) is 0 Å². The van der Waals surface area contributed by atoms with Gasteiger partial charge >= 0.3 is 179 Å². The molecule has 0 radical (unpaired) electrons. The summed E-state index contributed by atoms with van der Waals surface area (Å²) in [6.45, 7) is 0. The average molecular weight is 1940 g/mol. The summed E-state index contributed by atoms with van der Waals surface area (Å²) >= 11 is 0. The number of carbonyl (C=O) groups excluding carboxylic acids is 28. The van der Waals surface area contributed by atoms with Gasteiger partial charge in [-0.25, -0.2) is 0 Å². The predicted octanol–water partition coefficient (Wildman–Crippen LogP) is 9.54. The first-order valence-corrected chi connectivity index (χ1v) is 45.4. The Morgan fingerprint density at radius 3 is 0.176 bits per heavy atom. The van der Waals surface area contributed by atoms with E-state index in [1.165, 1.54) is 0 Å². The topological polar surface area (TPSA) is 682 Å². The summed E-state index contributed by atoms with van der Waals surface area (Å²) in [5.74, 6) is -26.5. The number of rotatable bonds is 75. The standard InChI is InChI=1S/C90H122O46/c91-61(92)31-1-3-33-63(95)123-65(97)35-5-7-37-67(99)125-69(101)39-9-11-41-71(103)127-73(105)43-13-15-45-75(107)129-77(109)47-17-19-49-79(111)131-81(113)51-21-23-53-83(115)133-85(117)55-25-27-57-87(119)135-89(121)59-29-30-60-90(122)136-88(120)58-28-26-56-86(118)134-84(116)54-24-22-52-82(114)132-80(112)50-20-18-48-78(110)130-76(108)46-16-14-44-74(106)128-72(104)42-12-10-40-70(102)126-68(100)38-8-6-36-66(98)124-64(96)34-4-2-32-62(93)94/h1-60H2,(H,91,92)(H,93,94). The first-order valence-electron chi connectivity index (χ1n) is 45.4. The molecule has 2 N–H and O–H groups in total. The van der Waals surface area contributed by atoms with E-state index < -0.39 is 179 Å². The summed E-state index contributed by atoms with van der Waals surface area (Å²) in [7, 11) is 0. The van der Waals surface area contributed by atoms with E-state index in [1.54, 1.807) is 0 Å². The van der Waals surface area contributed by atoms with Gasteiger partial charge in [0.05, 0.1) is 0 Å². The third kappa shape index (κ3) is 79.5. The van der Waals surface area contributed by atoms with Crippen LogP contribution in [0.15, 0.2) is 0 Å². The second kappa shape index (κ2) is 78.2. The van der Waals surface area contributed by atoms with Crippen LogP contribution in [0.4, 0.5) is 0 Å². The van der Waals surface area contributed by atoms with Crippen molar-refractivity contribution >= 4 is 179 Å². The highest BCUT2D eigenvalue weighted by atomic mass is 16.6. The van der Waals surface area contributed by atoms with Crippen LogP contribution in [0.25, 0.3) is 0 Å². The molecule has 0 aromatic heterocycles. The Hall–Kier alpha value is -13.1. The lowest BCUT2D eigenvalue weighted by Gasteiger charge is -2.06. The van der Waals surface area contributed by atoms with Gasteiger partial charge < -0.3 is 76.5 Å². The molecule has 0 aromatic carbocycles. The summed E-state index contributed by atoms with van der Waals surface area (Å²) in [6, 6.07) is 0. The molecule has 46 nitrogen and oxygen atoms in total. The molecule has 0 aliphatic rings. The third-order valence-electron chi connectivity index (χ3n) is 18.4. The number of hydrogen-bond donors (Lipinski definition) is 2. The third-order valence-corrected chi connectivity index (χ3v) is 18.4. The summed E-state index contributed by atoms with van der Waals surface area (Å²) in [4.78, 5) is 358. The van der Waals surface area contributed by atoms with Gasteiger partial charge in [0.15, 0.2) is 0 Å². The Labute approximate surface area is 781 Å². The van der Waals surface area contributed by atoms with E-state index in [9.17, 15) is 144 Å². The predicted molar refractivity (Wildman–Crippen MR) is 448 cm³/mol. The second-order valence-corrected chi connectivity index (χ2v) is 30.7. The lowest BCUT2D eigenvalue weighted by Crippen LogP contribution is -2.15. The van der Waals surface area contributed by atoms with Gasteiger partial charge in [-0.2, -0.15) is 0 Å². The minimum absolute atomic E-state index is 0.0758. The Bertz CT molecular complexity index is 3680. The lowest BCUT2D eigenvalue weighted by molar-refractivity contribution is -0.163. The SMILES string of the molecule is O=C(O)CCCCC(=O)OC(=O)CCCCC(=O)OC(=O)CCCCC(=O)OC(=O)CCCCC(=O)OC(=O)CCCCC(=O)OC(=O)CCCCC(=O)OC(=O)CCCCC(=O)OC(=O)CCCCC(=O)OC(=O)CCCCC(=O)OC(=O)CCCCC(=O)OC(=O)CCCCC(=O)OC(=O)CCCCC(=O)OC(=O)CCCCC(=O)OC(=O)CCCCC(=O)OC(=O)CCCCC(=O)O. The molecule has 0 heterocycles. The molecule has 136 heavy (non-hydrogen) atoms. The lowest BCUT2D eigenvalue weighted by atomic mass is 10.2. The first kappa shape index (κ1) is 123. The van der Waals surface area contributed by atoms with Crippen molar-refractivity contribution in [3.63, 3.8) is 0 Å². The van der Waals surface area contributed by atoms with Crippen LogP contribution in [-0.4, -0.2) is 189 Å². The Balaban J connectivity index is 3.97. The van der Waals surface area contributed by atoms with E-state index in [0.717, 1.165) is 0 Å². The number of carbonyl (C=O) groups is 30. The van der Waals surface area contributed by atoms with Crippen LogP contribution < -0.4 is 0 Å². The van der Waals surface area contributed by atoms with Gasteiger partial charge in [0.1, 0.15) is 0 Å². The molecular formula is C90H122O46. The minimum atomic E-state index is -1.01. The van der Waals surface area contributed by atoms with Crippen LogP contribution in [0.2, 0.25) is 0 Å². The molecule has 0 aromatic rings. The molecule has 0 aliphatic carbocycles. The van der Waals surface area contributed by atoms with Crippen molar-refractivity contribution in [1.29, 1.82) is 0 Å². The summed E-state index contributed by atoms with van der Waals surface area (Å²) in [6.07, 6.45) is -3.21. The molecule has 758 valence electrons. The zero-order valence-corrected chi connectivity index (χ0v) is 76.3. The summed E-state index contributed by atoms with van der Waals surface area (Å²) in [5, 5.41) is 17.2. The van der Waals surface area contributed by atoms with Crippen molar-refractivity contribution in [1.82, 2.24) is 0 Å². The number of hydrogen-bond acceptors (Lipinski definition) is 44. The fraction of sp³-hybridized carbons (Fsp3) is 0.667. The highest BCUT2D eigenvalue weighted by Crippen LogP contribution is 2.18. The number of esters is 28. The molecule has 0 amide bonds. The van der Waals surface area contributed by atoms with Crippen LogP contribution in [0.1, 0.15) is 385 Å². The maximum absolute atomic E-state index is 12.1. The second-order valence-electron chi connectivity index (χ2n) is 30.7. The Kier molecular flexibility index (Phi) is 70.7. The summed E-state index contributed by atoms with van der Waals surface area (Å²) in [5.41, 5.74) is 0. The van der Waals surface area contributed by atoms with Gasteiger partial charge in [-0.15, -0.1) is 0 Å². The molecule has 0 spiro atoms. The minimum Gasteiger partial charge on any atom is -0.481 e. The van der Waals surface area contributed by atoms with Crippen molar-refractivity contribution in [3.05, 3.63) is 0 Å². The van der Waals surface area contributed by atoms with Gasteiger partial charge in [0, 0.05) is 193 Å². The van der Waals surface area contributed by atoms with Crippen LogP contribution in [0.3, 0.4) is 0 Å². The van der Waals surface area contributed by atoms with Gasteiger partial charge in [-0.05, 0) is 193 Å². The normalized spacial score (nSPS) is 10.6. The van der Waals surface area contributed by atoms with E-state index >= 15 is 0 Å². The van der Waals surface area contributed by atoms with Crippen molar-refractivity contribution in [2.45, 2.75) is 385 Å². The van der Waals surface area contributed by atoms with Crippen LogP contribution in [-0.2, 0) is 210 Å². The Morgan fingerprint density at radius 1 is 0.0882 bits per heavy atom. The number of aliphatic carboxylic acids is 2. The molecule has 0 bridgehead atoms. The number of carboxylic acids is 2. The largest absolute Gasteiger partial charge is 0.481 e. The van der Waals surface area contributed by atoms with Crippen molar-refractivity contribution in [3.8, 4) is 0 Å².